The van der Waals surface area contributed by atoms with E-state index in [1.807, 2.05) is 19.1 Å². The van der Waals surface area contributed by atoms with Crippen LogP contribution in [0.15, 0.2) is 36.5 Å². The number of ether oxygens (including phenoxy) is 2. The molecule has 0 fully saturated rings. The fourth-order valence-electron chi connectivity index (χ4n) is 1.66. The summed E-state index contributed by atoms with van der Waals surface area (Å²) in [5, 5.41) is 8.85. The fraction of sp³-hybridized carbons (Fsp3) is 0.200. The van der Waals surface area contributed by atoms with Gasteiger partial charge in [0.1, 0.15) is 0 Å². The van der Waals surface area contributed by atoms with Crippen LogP contribution in [0.3, 0.4) is 0 Å². The van der Waals surface area contributed by atoms with E-state index >= 15 is 0 Å². The zero-order valence-electron chi connectivity index (χ0n) is 11.3. The van der Waals surface area contributed by atoms with Crippen LogP contribution in [0, 0.1) is 11.3 Å². The van der Waals surface area contributed by atoms with Crippen molar-refractivity contribution in [3.8, 4) is 23.4 Å². The maximum atomic E-state index is 8.85. The van der Waals surface area contributed by atoms with Gasteiger partial charge in [0.2, 0.25) is 5.88 Å². The summed E-state index contributed by atoms with van der Waals surface area (Å²) in [5.41, 5.74) is 7.21. The molecular weight excluding hydrogens is 254 g/mol. The minimum Gasteiger partial charge on any atom is -0.493 e. The summed E-state index contributed by atoms with van der Waals surface area (Å²) in [6.45, 7) is 1.89. The topological polar surface area (TPSA) is 81.2 Å². The Bertz CT molecular complexity index is 631. The number of nitriles is 1. The molecule has 0 aliphatic rings. The number of rotatable bonds is 4. The molecule has 0 aliphatic heterocycles. The average Bonchev–Trinajstić information content (AvgIpc) is 2.48. The number of benzene rings is 1. The highest BCUT2D eigenvalue weighted by molar-refractivity contribution is 5.48. The average molecular weight is 269 g/mol. The summed E-state index contributed by atoms with van der Waals surface area (Å²) < 4.78 is 10.8. The number of hydrogen-bond donors (Lipinski definition) is 1. The molecule has 2 rings (SSSR count). The molecule has 2 N–H and O–H groups in total. The summed E-state index contributed by atoms with van der Waals surface area (Å²) >= 11 is 0. The third kappa shape index (κ3) is 3.05. The molecule has 20 heavy (non-hydrogen) atoms. The van der Waals surface area contributed by atoms with E-state index in [1.165, 1.54) is 7.11 Å². The van der Waals surface area contributed by atoms with Gasteiger partial charge in [0.05, 0.1) is 18.7 Å². The van der Waals surface area contributed by atoms with E-state index in [0.29, 0.717) is 22.9 Å². The SMILES string of the molecule is COc1cc(C#N)ccc1Oc1ccc(C(C)N)cn1. The van der Waals surface area contributed by atoms with E-state index in [9.17, 15) is 0 Å². The van der Waals surface area contributed by atoms with Crippen molar-refractivity contribution in [3.63, 3.8) is 0 Å². The van der Waals surface area contributed by atoms with Gasteiger partial charge in [0, 0.05) is 24.4 Å². The van der Waals surface area contributed by atoms with Crippen molar-refractivity contribution in [1.82, 2.24) is 4.98 Å². The normalized spacial score (nSPS) is 11.5. The lowest BCUT2D eigenvalue weighted by molar-refractivity contribution is 0.374. The van der Waals surface area contributed by atoms with Crippen molar-refractivity contribution in [3.05, 3.63) is 47.7 Å². The van der Waals surface area contributed by atoms with Crippen LogP contribution in [0.5, 0.6) is 17.4 Å². The second-order valence-electron chi connectivity index (χ2n) is 4.30. The summed E-state index contributed by atoms with van der Waals surface area (Å²) in [6, 6.07) is 10.5. The summed E-state index contributed by atoms with van der Waals surface area (Å²) in [4.78, 5) is 4.19. The lowest BCUT2D eigenvalue weighted by Gasteiger charge is -2.10. The molecule has 0 amide bonds. The monoisotopic (exact) mass is 269 g/mol. The minimum atomic E-state index is -0.0685. The lowest BCUT2D eigenvalue weighted by atomic mass is 10.2. The molecule has 5 heteroatoms. The first-order valence-electron chi connectivity index (χ1n) is 6.11. The molecule has 0 saturated carbocycles. The van der Waals surface area contributed by atoms with E-state index in [0.717, 1.165) is 5.56 Å². The minimum absolute atomic E-state index is 0.0685. The van der Waals surface area contributed by atoms with Crippen molar-refractivity contribution in [1.29, 1.82) is 5.26 Å². The van der Waals surface area contributed by atoms with Gasteiger partial charge in [-0.15, -0.1) is 0 Å². The number of methoxy groups -OCH3 is 1. The summed E-state index contributed by atoms with van der Waals surface area (Å²) in [6.07, 6.45) is 1.68. The van der Waals surface area contributed by atoms with Crippen LogP contribution in [0.1, 0.15) is 24.1 Å². The highest BCUT2D eigenvalue weighted by Gasteiger charge is 2.08. The van der Waals surface area contributed by atoms with Crippen LogP contribution in [-0.2, 0) is 0 Å². The van der Waals surface area contributed by atoms with Crippen LogP contribution in [0.2, 0.25) is 0 Å². The lowest BCUT2D eigenvalue weighted by Crippen LogP contribution is -2.05. The van der Waals surface area contributed by atoms with Gasteiger partial charge in [-0.05, 0) is 24.6 Å². The number of pyridine rings is 1. The predicted molar refractivity (Wildman–Crippen MR) is 74.6 cm³/mol. The Morgan fingerprint density at radius 1 is 1.25 bits per heavy atom. The Balaban J connectivity index is 2.23. The molecule has 0 aliphatic carbocycles. The Kier molecular flexibility index (Phi) is 4.18. The first kappa shape index (κ1) is 13.8. The van der Waals surface area contributed by atoms with Crippen molar-refractivity contribution in [2.24, 2.45) is 5.73 Å². The van der Waals surface area contributed by atoms with Gasteiger partial charge in [0.25, 0.3) is 0 Å². The number of aromatic nitrogens is 1. The smallest absolute Gasteiger partial charge is 0.219 e. The molecule has 1 unspecified atom stereocenters. The first-order valence-corrected chi connectivity index (χ1v) is 6.11. The highest BCUT2D eigenvalue weighted by atomic mass is 16.5. The van der Waals surface area contributed by atoms with Gasteiger partial charge >= 0.3 is 0 Å². The number of nitrogens with zero attached hydrogens (tertiary/aromatic N) is 2. The van der Waals surface area contributed by atoms with Gasteiger partial charge in [-0.25, -0.2) is 4.98 Å². The van der Waals surface area contributed by atoms with Crippen molar-refractivity contribution >= 4 is 0 Å². The number of nitrogens with two attached hydrogens (primary N) is 1. The summed E-state index contributed by atoms with van der Waals surface area (Å²) in [7, 11) is 1.52. The zero-order chi connectivity index (χ0) is 14.5. The van der Waals surface area contributed by atoms with Crippen molar-refractivity contribution in [2.75, 3.05) is 7.11 Å². The standard InChI is InChI=1S/C15H15N3O2/c1-10(17)12-4-6-15(18-9-12)20-13-5-3-11(8-16)7-14(13)19-2/h3-7,9-10H,17H2,1-2H3. The van der Waals surface area contributed by atoms with E-state index in [1.54, 1.807) is 30.5 Å². The Labute approximate surface area is 117 Å². The predicted octanol–water partition coefficient (Wildman–Crippen LogP) is 2.77. The number of hydrogen-bond acceptors (Lipinski definition) is 5. The van der Waals surface area contributed by atoms with E-state index in [2.05, 4.69) is 4.98 Å². The van der Waals surface area contributed by atoms with Gasteiger partial charge < -0.3 is 15.2 Å². The van der Waals surface area contributed by atoms with Gasteiger partial charge in [-0.3, -0.25) is 0 Å². The maximum absolute atomic E-state index is 8.85. The quantitative estimate of drug-likeness (QED) is 0.923. The molecule has 0 bridgehead atoms. The molecule has 1 heterocycles. The van der Waals surface area contributed by atoms with E-state index in [-0.39, 0.29) is 6.04 Å². The fourth-order valence-corrected chi connectivity index (χ4v) is 1.66. The molecule has 0 saturated heterocycles. The van der Waals surface area contributed by atoms with Crippen LogP contribution >= 0.6 is 0 Å². The largest absolute Gasteiger partial charge is 0.493 e. The highest BCUT2D eigenvalue weighted by Crippen LogP contribution is 2.31. The molecule has 1 aromatic carbocycles. The molecule has 0 spiro atoms. The molecule has 102 valence electrons. The maximum Gasteiger partial charge on any atom is 0.219 e. The van der Waals surface area contributed by atoms with Gasteiger partial charge in [0.15, 0.2) is 11.5 Å². The van der Waals surface area contributed by atoms with Gasteiger partial charge in [-0.1, -0.05) is 6.07 Å². The third-order valence-corrected chi connectivity index (χ3v) is 2.79. The summed E-state index contributed by atoms with van der Waals surface area (Å²) in [5.74, 6) is 1.44. The molecule has 1 atom stereocenters. The van der Waals surface area contributed by atoms with Crippen LogP contribution in [0.25, 0.3) is 0 Å². The second kappa shape index (κ2) is 6.04. The Morgan fingerprint density at radius 2 is 2.05 bits per heavy atom. The van der Waals surface area contributed by atoms with E-state index < -0.39 is 0 Å². The molecule has 0 radical (unpaired) electrons. The Morgan fingerprint density at radius 3 is 2.60 bits per heavy atom. The molecule has 1 aromatic heterocycles. The van der Waals surface area contributed by atoms with Gasteiger partial charge in [-0.2, -0.15) is 5.26 Å². The molecule has 2 aromatic rings. The van der Waals surface area contributed by atoms with E-state index in [4.69, 9.17) is 20.5 Å². The zero-order valence-corrected chi connectivity index (χ0v) is 11.3. The van der Waals surface area contributed by atoms with Crippen LogP contribution in [0.4, 0.5) is 0 Å². The van der Waals surface area contributed by atoms with Crippen LogP contribution in [-0.4, -0.2) is 12.1 Å². The second-order valence-corrected chi connectivity index (χ2v) is 4.30. The van der Waals surface area contributed by atoms with Crippen LogP contribution < -0.4 is 15.2 Å². The van der Waals surface area contributed by atoms with Crippen molar-refractivity contribution < 1.29 is 9.47 Å². The third-order valence-electron chi connectivity index (χ3n) is 2.79. The molecular formula is C15H15N3O2. The first-order chi connectivity index (χ1) is 9.63. The van der Waals surface area contributed by atoms with Crippen molar-refractivity contribution in [2.45, 2.75) is 13.0 Å². The molecule has 5 nitrogen and oxygen atoms in total. The Hall–Kier alpha value is -2.58.